The Morgan fingerprint density at radius 3 is 2.61 bits per heavy atom. The molecule has 0 heterocycles. The Morgan fingerprint density at radius 2 is 2.06 bits per heavy atom. The Bertz CT molecular complexity index is 403. The predicted octanol–water partition coefficient (Wildman–Crippen LogP) is 4.14. The molecule has 0 aliphatic heterocycles. The van der Waals surface area contributed by atoms with E-state index in [1.807, 2.05) is 6.07 Å². The van der Waals surface area contributed by atoms with Gasteiger partial charge in [-0.05, 0) is 31.4 Å². The monoisotopic (exact) mass is 250 g/mol. The third kappa shape index (κ3) is 4.73. The van der Waals surface area contributed by atoms with E-state index < -0.39 is 0 Å². The lowest BCUT2D eigenvalue weighted by molar-refractivity contribution is -0.385. The molecule has 1 aromatic rings. The molecule has 0 bridgehead atoms. The summed E-state index contributed by atoms with van der Waals surface area (Å²) in [5, 5.41) is 14.0. The van der Waals surface area contributed by atoms with E-state index in [2.05, 4.69) is 19.2 Å². The van der Waals surface area contributed by atoms with Gasteiger partial charge in [0, 0.05) is 23.9 Å². The number of unbranched alkanes of at least 4 members (excludes halogenated alkanes) is 1. The molecular weight excluding hydrogens is 228 g/mol. The maximum atomic E-state index is 10.7. The normalized spacial score (nSPS) is 10.7. The molecule has 0 saturated carbocycles. The minimum atomic E-state index is -0.345. The number of rotatable bonds is 7. The number of nitrogens with one attached hydrogen (secondary N) is 1. The number of benzene rings is 1. The minimum absolute atomic E-state index is 0.181. The van der Waals surface area contributed by atoms with Crippen molar-refractivity contribution in [2.24, 2.45) is 5.92 Å². The van der Waals surface area contributed by atoms with Crippen LogP contribution in [0.25, 0.3) is 0 Å². The fourth-order valence-corrected chi connectivity index (χ4v) is 1.88. The second-order valence-electron chi connectivity index (χ2n) is 5.07. The Balaban J connectivity index is 2.39. The first-order chi connectivity index (χ1) is 8.50. The standard InChI is InChI=1S/C14H22N2O2/c1-11(2)6-4-5-9-15-13-7-8-14(16(17)18)12(3)10-13/h7-8,10-11,15H,4-6,9H2,1-3H3. The average molecular weight is 250 g/mol. The van der Waals surface area contributed by atoms with Crippen molar-refractivity contribution in [3.63, 3.8) is 0 Å². The molecule has 18 heavy (non-hydrogen) atoms. The molecule has 0 aliphatic rings. The molecule has 1 N–H and O–H groups in total. The first-order valence-electron chi connectivity index (χ1n) is 6.49. The molecule has 0 saturated heterocycles. The minimum Gasteiger partial charge on any atom is -0.385 e. The van der Waals surface area contributed by atoms with Crippen LogP contribution in [0.3, 0.4) is 0 Å². The van der Waals surface area contributed by atoms with Crippen molar-refractivity contribution < 1.29 is 4.92 Å². The maximum Gasteiger partial charge on any atom is 0.272 e. The zero-order chi connectivity index (χ0) is 13.5. The Labute approximate surface area is 109 Å². The quantitative estimate of drug-likeness (QED) is 0.449. The largest absolute Gasteiger partial charge is 0.385 e. The van der Waals surface area contributed by atoms with E-state index in [-0.39, 0.29) is 10.6 Å². The number of aryl methyl sites for hydroxylation is 1. The third-order valence-electron chi connectivity index (χ3n) is 2.93. The van der Waals surface area contributed by atoms with Crippen molar-refractivity contribution in [3.8, 4) is 0 Å². The fraction of sp³-hybridized carbons (Fsp3) is 0.571. The molecule has 0 aliphatic carbocycles. The van der Waals surface area contributed by atoms with E-state index in [4.69, 9.17) is 0 Å². The van der Waals surface area contributed by atoms with E-state index in [0.717, 1.165) is 24.6 Å². The molecule has 0 radical (unpaired) electrons. The zero-order valence-corrected chi connectivity index (χ0v) is 11.4. The molecule has 1 rings (SSSR count). The Kier molecular flexibility index (Phi) is 5.62. The van der Waals surface area contributed by atoms with Crippen molar-refractivity contribution >= 4 is 11.4 Å². The molecule has 0 unspecified atom stereocenters. The molecule has 0 aromatic heterocycles. The van der Waals surface area contributed by atoms with Gasteiger partial charge in [0.15, 0.2) is 0 Å². The van der Waals surface area contributed by atoms with Crippen LogP contribution in [0.15, 0.2) is 18.2 Å². The van der Waals surface area contributed by atoms with Gasteiger partial charge in [-0.3, -0.25) is 10.1 Å². The van der Waals surface area contributed by atoms with Gasteiger partial charge in [0.05, 0.1) is 4.92 Å². The predicted molar refractivity (Wildman–Crippen MR) is 75.0 cm³/mol. The van der Waals surface area contributed by atoms with E-state index in [0.29, 0.717) is 5.56 Å². The lowest BCUT2D eigenvalue weighted by Gasteiger charge is -2.08. The highest BCUT2D eigenvalue weighted by Crippen LogP contribution is 2.21. The summed E-state index contributed by atoms with van der Waals surface area (Å²) >= 11 is 0. The summed E-state index contributed by atoms with van der Waals surface area (Å²) in [6, 6.07) is 5.17. The molecule has 0 fully saturated rings. The van der Waals surface area contributed by atoms with Crippen molar-refractivity contribution in [3.05, 3.63) is 33.9 Å². The van der Waals surface area contributed by atoms with E-state index in [1.54, 1.807) is 19.1 Å². The molecule has 0 amide bonds. The molecule has 4 nitrogen and oxygen atoms in total. The van der Waals surface area contributed by atoms with Crippen molar-refractivity contribution in [1.82, 2.24) is 0 Å². The van der Waals surface area contributed by atoms with Gasteiger partial charge < -0.3 is 5.32 Å². The van der Waals surface area contributed by atoms with Crippen LogP contribution in [-0.2, 0) is 0 Å². The summed E-state index contributed by atoms with van der Waals surface area (Å²) in [5.74, 6) is 0.756. The van der Waals surface area contributed by atoms with E-state index >= 15 is 0 Å². The van der Waals surface area contributed by atoms with Crippen molar-refractivity contribution in [1.29, 1.82) is 0 Å². The average Bonchev–Trinajstić information content (AvgIpc) is 2.27. The van der Waals surface area contributed by atoms with Crippen LogP contribution in [0.1, 0.15) is 38.7 Å². The van der Waals surface area contributed by atoms with Crippen molar-refractivity contribution in [2.45, 2.75) is 40.0 Å². The van der Waals surface area contributed by atoms with Gasteiger partial charge in [-0.25, -0.2) is 0 Å². The summed E-state index contributed by atoms with van der Waals surface area (Å²) in [6.45, 7) is 7.15. The second-order valence-corrected chi connectivity index (χ2v) is 5.07. The Hall–Kier alpha value is -1.58. The highest BCUT2D eigenvalue weighted by Gasteiger charge is 2.09. The van der Waals surface area contributed by atoms with Gasteiger partial charge >= 0.3 is 0 Å². The number of nitrogens with zero attached hydrogens (tertiary/aromatic N) is 1. The SMILES string of the molecule is Cc1cc(NCCCCC(C)C)ccc1[N+](=O)[O-]. The molecular formula is C14H22N2O2. The zero-order valence-electron chi connectivity index (χ0n) is 11.4. The molecule has 4 heteroatoms. The van der Waals surface area contributed by atoms with Gasteiger partial charge in [0.2, 0.25) is 0 Å². The molecule has 1 aromatic carbocycles. The van der Waals surface area contributed by atoms with E-state index in [9.17, 15) is 10.1 Å². The summed E-state index contributed by atoms with van der Waals surface area (Å²) in [5.41, 5.74) is 1.84. The number of nitro groups is 1. The highest BCUT2D eigenvalue weighted by molar-refractivity contribution is 5.53. The number of hydrogen-bond acceptors (Lipinski definition) is 3. The van der Waals surface area contributed by atoms with Gasteiger partial charge in [0.1, 0.15) is 0 Å². The van der Waals surface area contributed by atoms with Crippen LogP contribution in [0.5, 0.6) is 0 Å². The smallest absolute Gasteiger partial charge is 0.272 e. The van der Waals surface area contributed by atoms with Crippen LogP contribution in [0.4, 0.5) is 11.4 Å². The van der Waals surface area contributed by atoms with Crippen LogP contribution >= 0.6 is 0 Å². The third-order valence-corrected chi connectivity index (χ3v) is 2.93. The first kappa shape index (κ1) is 14.5. The van der Waals surface area contributed by atoms with Crippen LogP contribution in [0, 0.1) is 23.0 Å². The van der Waals surface area contributed by atoms with E-state index in [1.165, 1.54) is 12.8 Å². The summed E-state index contributed by atoms with van der Waals surface area (Å²) in [6.07, 6.45) is 3.60. The number of hydrogen-bond donors (Lipinski definition) is 1. The van der Waals surface area contributed by atoms with Gasteiger partial charge in [-0.2, -0.15) is 0 Å². The maximum absolute atomic E-state index is 10.7. The summed E-state index contributed by atoms with van der Waals surface area (Å²) in [7, 11) is 0. The topological polar surface area (TPSA) is 55.2 Å². The lowest BCUT2D eigenvalue weighted by Crippen LogP contribution is -2.03. The number of anilines is 1. The van der Waals surface area contributed by atoms with Crippen molar-refractivity contribution in [2.75, 3.05) is 11.9 Å². The molecule has 0 spiro atoms. The first-order valence-corrected chi connectivity index (χ1v) is 6.49. The second kappa shape index (κ2) is 6.99. The Morgan fingerprint density at radius 1 is 1.33 bits per heavy atom. The summed E-state index contributed by atoms with van der Waals surface area (Å²) in [4.78, 5) is 10.3. The van der Waals surface area contributed by atoms with Gasteiger partial charge in [-0.1, -0.05) is 26.7 Å². The van der Waals surface area contributed by atoms with Gasteiger partial charge in [0.25, 0.3) is 5.69 Å². The highest BCUT2D eigenvalue weighted by atomic mass is 16.6. The van der Waals surface area contributed by atoms with Crippen LogP contribution < -0.4 is 5.32 Å². The van der Waals surface area contributed by atoms with Crippen LogP contribution in [-0.4, -0.2) is 11.5 Å². The molecule has 100 valence electrons. The fourth-order valence-electron chi connectivity index (χ4n) is 1.88. The van der Waals surface area contributed by atoms with Crippen LogP contribution in [0.2, 0.25) is 0 Å². The molecule has 0 atom stereocenters. The summed E-state index contributed by atoms with van der Waals surface area (Å²) < 4.78 is 0. The lowest BCUT2D eigenvalue weighted by atomic mass is 10.1. The number of nitro benzene ring substituents is 1. The van der Waals surface area contributed by atoms with Gasteiger partial charge in [-0.15, -0.1) is 0 Å².